The van der Waals surface area contributed by atoms with Crippen LogP contribution in [-0.4, -0.2) is 110 Å². The summed E-state index contributed by atoms with van der Waals surface area (Å²) >= 11 is 0. The summed E-state index contributed by atoms with van der Waals surface area (Å²) in [4.78, 5) is 0. The molecule has 0 saturated carbocycles. The Kier molecular flexibility index (Phi) is 106. The van der Waals surface area contributed by atoms with Gasteiger partial charge in [0.25, 0.3) is 0 Å². The van der Waals surface area contributed by atoms with E-state index in [2.05, 4.69) is 101 Å². The summed E-state index contributed by atoms with van der Waals surface area (Å²) in [5.41, 5.74) is 0. The van der Waals surface area contributed by atoms with E-state index in [4.69, 9.17) is 20.1 Å². The topological polar surface area (TPSA) is 103 Å². The van der Waals surface area contributed by atoms with Gasteiger partial charge >= 0.3 is 0 Å². The van der Waals surface area contributed by atoms with Crippen molar-refractivity contribution in [3.63, 3.8) is 0 Å². The van der Waals surface area contributed by atoms with E-state index in [1.807, 2.05) is 0 Å². The fourth-order valence-corrected chi connectivity index (χ4v) is 2.45. The van der Waals surface area contributed by atoms with Crippen molar-refractivity contribution in [1.82, 2.24) is 0 Å². The van der Waals surface area contributed by atoms with Crippen LogP contribution < -0.4 is 20.1 Å². The van der Waals surface area contributed by atoms with Crippen LogP contribution in [0.3, 0.4) is 0 Å². The Bertz CT molecular complexity index is 238. The van der Waals surface area contributed by atoms with Gasteiger partial charge in [-0.3, -0.25) is 0 Å². The molecule has 0 heterocycles. The average molecular weight is 596 g/mol. The first kappa shape index (κ1) is 59.1. The summed E-state index contributed by atoms with van der Waals surface area (Å²) in [6, 6.07) is 0. The molecule has 0 spiro atoms. The van der Waals surface area contributed by atoms with Crippen molar-refractivity contribution in [2.75, 3.05) is 79.3 Å². The van der Waals surface area contributed by atoms with E-state index in [1.165, 1.54) is 0 Å². The standard InChI is InChI=1S/4C6H15O.4BFO/c4*1-4-7(5-2)6-3;4*2-1-3/h4*4-6H2,1-3H3;;;;/q4*+1;4*-1. The minimum Gasteiger partial charge on any atom is -0.857 e. The molecule has 0 aromatic carbocycles. The summed E-state index contributed by atoms with van der Waals surface area (Å²) < 4.78 is 50.7. The molecule has 0 aliphatic carbocycles. The molecule has 0 aromatic heterocycles. The molecule has 244 valence electrons. The number of hydrogen-bond acceptors (Lipinski definition) is 4. The first-order chi connectivity index (χ1) is 19.0. The Labute approximate surface area is 248 Å². The highest BCUT2D eigenvalue weighted by Gasteiger charge is 1.96. The molecule has 0 aliphatic rings. The normalized spacial score (nSPS) is 8.60. The van der Waals surface area contributed by atoms with E-state index in [9.17, 15) is 17.3 Å². The second-order valence-electron chi connectivity index (χ2n) is 6.27. The number of rotatable bonds is 12. The zero-order chi connectivity index (χ0) is 33.6. The smallest absolute Gasteiger partial charge is 0.227 e. The molecule has 4 radical (unpaired) electrons. The molecule has 0 fully saturated rings. The minimum atomic E-state index is -0.750. The van der Waals surface area contributed by atoms with Gasteiger partial charge in [0.05, 0.1) is 0 Å². The van der Waals surface area contributed by atoms with E-state index in [1.54, 1.807) is 0 Å². The largest absolute Gasteiger partial charge is 0.857 e. The third-order valence-electron chi connectivity index (χ3n) is 4.90. The highest BCUT2D eigenvalue weighted by molar-refractivity contribution is 6.12. The lowest BCUT2D eigenvalue weighted by atomic mass is 10.5. The Morgan fingerprint density at radius 1 is 0.300 bits per heavy atom. The van der Waals surface area contributed by atoms with Gasteiger partial charge in [0.1, 0.15) is 79.3 Å². The third kappa shape index (κ3) is 90.4. The SMILES string of the molecule is CC[O+](CC)CC.CC[O+](CC)CC.CC[O+](CC)CC.CC[O+](CC)CC.[O-][B]F.[O-][B]F.[O-][B]F.[O-][B]F. The van der Waals surface area contributed by atoms with Crippen LogP contribution in [0.5, 0.6) is 0 Å². The molecule has 16 heteroatoms. The van der Waals surface area contributed by atoms with Crippen LogP contribution in [-0.2, 0) is 17.5 Å². The molecule has 0 rings (SSSR count). The molecule has 0 unspecified atom stereocenters. The van der Waals surface area contributed by atoms with Gasteiger partial charge in [-0.2, -0.15) is 0 Å². The van der Waals surface area contributed by atoms with Crippen molar-refractivity contribution in [1.29, 1.82) is 0 Å². The van der Waals surface area contributed by atoms with Crippen LogP contribution in [0.2, 0.25) is 0 Å². The zero-order valence-corrected chi connectivity index (χ0v) is 27.6. The molecule has 0 amide bonds. The maximum atomic E-state index is 9.61. The summed E-state index contributed by atoms with van der Waals surface area (Å²) in [5, 5.41) is 32.6. The Balaban J connectivity index is -0.0000000503. The Morgan fingerprint density at radius 3 is 0.350 bits per heavy atom. The van der Waals surface area contributed by atoms with Gasteiger partial charge < -0.3 is 54.8 Å². The van der Waals surface area contributed by atoms with Crippen LogP contribution in [0.15, 0.2) is 0 Å². The van der Waals surface area contributed by atoms with Crippen molar-refractivity contribution in [2.24, 2.45) is 0 Å². The Morgan fingerprint density at radius 2 is 0.350 bits per heavy atom. The van der Waals surface area contributed by atoms with Gasteiger partial charge in [0, 0.05) is 83.1 Å². The fourth-order valence-electron chi connectivity index (χ4n) is 2.45. The first-order valence-corrected chi connectivity index (χ1v) is 13.8. The molecular formula is C24H60B4F4O8. The van der Waals surface area contributed by atoms with Crippen molar-refractivity contribution in [3.05, 3.63) is 0 Å². The van der Waals surface area contributed by atoms with E-state index in [0.29, 0.717) is 0 Å². The van der Waals surface area contributed by atoms with Crippen LogP contribution in [0, 0.1) is 0 Å². The van der Waals surface area contributed by atoms with Gasteiger partial charge in [-0.05, 0) is 0 Å². The van der Waals surface area contributed by atoms with Crippen LogP contribution in [0.1, 0.15) is 83.1 Å². The van der Waals surface area contributed by atoms with Crippen molar-refractivity contribution in [2.45, 2.75) is 83.1 Å². The monoisotopic (exact) mass is 596 g/mol. The third-order valence-corrected chi connectivity index (χ3v) is 4.90. The van der Waals surface area contributed by atoms with Gasteiger partial charge in [0.15, 0.2) is 0 Å². The predicted molar refractivity (Wildman–Crippen MR) is 158 cm³/mol. The molecule has 0 bridgehead atoms. The van der Waals surface area contributed by atoms with Gasteiger partial charge in [-0.1, -0.05) is 0 Å². The van der Waals surface area contributed by atoms with Crippen molar-refractivity contribution in [3.8, 4) is 0 Å². The lowest BCUT2D eigenvalue weighted by Crippen LogP contribution is -2.11. The zero-order valence-electron chi connectivity index (χ0n) is 27.6. The summed E-state index contributed by atoms with van der Waals surface area (Å²) in [5.74, 6) is 0. The lowest BCUT2D eigenvalue weighted by Gasteiger charge is -2.11. The molecule has 0 aliphatic heterocycles. The van der Waals surface area contributed by atoms with Crippen LogP contribution in [0.25, 0.3) is 0 Å². The quantitative estimate of drug-likeness (QED) is 0.195. The molecule has 0 aromatic rings. The molecule has 0 N–H and O–H groups in total. The maximum absolute atomic E-state index is 9.61. The number of halogens is 4. The summed E-state index contributed by atoms with van der Waals surface area (Å²) in [6.45, 7) is 39.1. The average Bonchev–Trinajstić information content (AvgIpc) is 2.95. The maximum Gasteiger partial charge on any atom is 0.227 e. The highest BCUT2D eigenvalue weighted by Crippen LogP contribution is 1.92. The highest BCUT2D eigenvalue weighted by atomic mass is 19.1. The molecule has 0 saturated heterocycles. The molecule has 8 nitrogen and oxygen atoms in total. The number of hydrogen-bond donors (Lipinski definition) is 0. The predicted octanol–water partition coefficient (Wildman–Crippen LogP) is 1.80. The van der Waals surface area contributed by atoms with Gasteiger partial charge in [-0.25, -0.2) is 0 Å². The van der Waals surface area contributed by atoms with Crippen LogP contribution in [0.4, 0.5) is 17.3 Å². The molecule has 0 atom stereocenters. The lowest BCUT2D eigenvalue weighted by molar-refractivity contribution is -0.194. The van der Waals surface area contributed by atoms with Crippen molar-refractivity contribution < 1.29 is 54.8 Å². The summed E-state index contributed by atoms with van der Waals surface area (Å²) in [6.07, 6.45) is 0. The first-order valence-electron chi connectivity index (χ1n) is 13.8. The molecule has 40 heavy (non-hydrogen) atoms. The second kappa shape index (κ2) is 71.7. The van der Waals surface area contributed by atoms with Gasteiger partial charge in [0.2, 0.25) is 31.0 Å². The minimum absolute atomic E-state index is 0.750. The Hall–Kier alpha value is -0.340. The van der Waals surface area contributed by atoms with E-state index < -0.39 is 31.0 Å². The fraction of sp³-hybridized carbons (Fsp3) is 1.00. The van der Waals surface area contributed by atoms with E-state index in [-0.39, 0.29) is 0 Å². The second-order valence-corrected chi connectivity index (χ2v) is 6.27. The summed E-state index contributed by atoms with van der Waals surface area (Å²) in [7, 11) is -3.00. The van der Waals surface area contributed by atoms with E-state index in [0.717, 1.165) is 79.3 Å². The molecular weight excluding hydrogens is 535 g/mol. The van der Waals surface area contributed by atoms with Gasteiger partial charge in [-0.15, -0.1) is 0 Å². The van der Waals surface area contributed by atoms with Crippen molar-refractivity contribution >= 4 is 31.0 Å². The van der Waals surface area contributed by atoms with Crippen LogP contribution >= 0.6 is 0 Å². The van der Waals surface area contributed by atoms with E-state index >= 15 is 0 Å².